The first-order valence-electron chi connectivity index (χ1n) is 10.0. The van der Waals surface area contributed by atoms with Crippen molar-refractivity contribution in [2.24, 2.45) is 5.92 Å². The average Bonchev–Trinajstić information content (AvgIpc) is 2.69. The lowest BCUT2D eigenvalue weighted by atomic mass is 9.85. The summed E-state index contributed by atoms with van der Waals surface area (Å²) < 4.78 is 41.1. The number of likely N-dealkylation sites (tertiary alicyclic amines) is 1. The first-order chi connectivity index (χ1) is 14.1. The van der Waals surface area contributed by atoms with Crippen LogP contribution < -0.4 is 4.74 Å². The van der Waals surface area contributed by atoms with E-state index in [9.17, 15) is 18.0 Å². The van der Waals surface area contributed by atoms with Gasteiger partial charge in [0.25, 0.3) is 0 Å². The lowest BCUT2D eigenvalue weighted by Gasteiger charge is -2.35. The SMILES string of the molecule is CC(C)C(C(=O)N1CCC(c2ccc(Cl)cc2)CC1)c1ccc(OC(F)(F)F)cc1. The Morgan fingerprint density at radius 2 is 1.60 bits per heavy atom. The summed E-state index contributed by atoms with van der Waals surface area (Å²) in [6.45, 7) is 5.21. The van der Waals surface area contributed by atoms with Crippen LogP contribution in [0.2, 0.25) is 5.02 Å². The number of piperidine rings is 1. The zero-order valence-corrected chi connectivity index (χ0v) is 17.7. The minimum Gasteiger partial charge on any atom is -0.406 e. The second-order valence-electron chi connectivity index (χ2n) is 7.99. The molecule has 0 bridgehead atoms. The fourth-order valence-electron chi connectivity index (χ4n) is 4.05. The van der Waals surface area contributed by atoms with E-state index in [4.69, 9.17) is 11.6 Å². The van der Waals surface area contributed by atoms with Crippen LogP contribution in [0, 0.1) is 5.92 Å². The Kier molecular flexibility index (Phi) is 6.96. The Morgan fingerprint density at radius 1 is 1.03 bits per heavy atom. The maximum Gasteiger partial charge on any atom is 0.573 e. The predicted octanol–water partition coefficient (Wildman–Crippen LogP) is 6.38. The Morgan fingerprint density at radius 3 is 2.10 bits per heavy atom. The van der Waals surface area contributed by atoms with Gasteiger partial charge in [-0.25, -0.2) is 0 Å². The van der Waals surface area contributed by atoms with Crippen LogP contribution in [-0.2, 0) is 4.79 Å². The molecule has 7 heteroatoms. The van der Waals surface area contributed by atoms with E-state index in [2.05, 4.69) is 4.74 Å². The highest BCUT2D eigenvalue weighted by molar-refractivity contribution is 6.30. The molecule has 0 aromatic heterocycles. The number of alkyl halides is 3. The van der Waals surface area contributed by atoms with Crippen molar-refractivity contribution in [2.75, 3.05) is 13.1 Å². The number of hydrogen-bond donors (Lipinski definition) is 0. The van der Waals surface area contributed by atoms with Crippen LogP contribution >= 0.6 is 11.6 Å². The summed E-state index contributed by atoms with van der Waals surface area (Å²) in [7, 11) is 0. The zero-order valence-electron chi connectivity index (χ0n) is 17.0. The van der Waals surface area contributed by atoms with Gasteiger partial charge in [0.15, 0.2) is 0 Å². The quantitative estimate of drug-likeness (QED) is 0.540. The van der Waals surface area contributed by atoms with Crippen molar-refractivity contribution in [1.29, 1.82) is 0 Å². The number of halogens is 4. The van der Waals surface area contributed by atoms with E-state index in [1.54, 1.807) is 12.1 Å². The number of rotatable bonds is 5. The van der Waals surface area contributed by atoms with Crippen LogP contribution in [0.15, 0.2) is 48.5 Å². The molecule has 1 saturated heterocycles. The molecule has 1 aliphatic heterocycles. The Hall–Kier alpha value is -2.21. The highest BCUT2D eigenvalue weighted by Gasteiger charge is 2.33. The van der Waals surface area contributed by atoms with E-state index in [-0.39, 0.29) is 17.6 Å². The molecule has 1 heterocycles. The summed E-state index contributed by atoms with van der Waals surface area (Å²) in [6.07, 6.45) is -2.99. The van der Waals surface area contributed by atoms with E-state index >= 15 is 0 Å². The van der Waals surface area contributed by atoms with Crippen LogP contribution in [0.1, 0.15) is 49.7 Å². The third-order valence-electron chi connectivity index (χ3n) is 5.55. The van der Waals surface area contributed by atoms with Gasteiger partial charge >= 0.3 is 6.36 Å². The maximum atomic E-state index is 13.2. The Bertz CT molecular complexity index is 842. The number of hydrogen-bond acceptors (Lipinski definition) is 2. The first kappa shape index (κ1) is 22.5. The van der Waals surface area contributed by atoms with Crippen LogP contribution in [-0.4, -0.2) is 30.3 Å². The van der Waals surface area contributed by atoms with E-state index < -0.39 is 12.3 Å². The minimum absolute atomic E-state index is 0.0147. The summed E-state index contributed by atoms with van der Waals surface area (Å²) in [5.41, 5.74) is 1.93. The monoisotopic (exact) mass is 439 g/mol. The van der Waals surface area contributed by atoms with Crippen molar-refractivity contribution >= 4 is 17.5 Å². The van der Waals surface area contributed by atoms with E-state index in [1.807, 2.05) is 43.0 Å². The lowest BCUT2D eigenvalue weighted by molar-refractivity contribution is -0.274. The smallest absolute Gasteiger partial charge is 0.406 e. The Labute approximate surface area is 179 Å². The summed E-state index contributed by atoms with van der Waals surface area (Å²) in [6, 6.07) is 13.5. The number of benzene rings is 2. The molecule has 0 spiro atoms. The van der Waals surface area contributed by atoms with E-state index in [0.29, 0.717) is 29.6 Å². The highest BCUT2D eigenvalue weighted by Crippen LogP contribution is 2.33. The molecule has 1 unspecified atom stereocenters. The van der Waals surface area contributed by atoms with Gasteiger partial charge in [-0.05, 0) is 60.1 Å². The molecule has 1 aliphatic rings. The van der Waals surface area contributed by atoms with E-state index in [1.165, 1.54) is 17.7 Å². The fourth-order valence-corrected chi connectivity index (χ4v) is 4.18. The van der Waals surface area contributed by atoms with Crippen LogP contribution in [0.25, 0.3) is 0 Å². The van der Waals surface area contributed by atoms with Gasteiger partial charge in [0.05, 0.1) is 5.92 Å². The van der Waals surface area contributed by atoms with Crippen molar-refractivity contribution in [3.63, 3.8) is 0 Å². The molecule has 0 radical (unpaired) electrons. The maximum absolute atomic E-state index is 13.2. The number of carbonyl (C=O) groups excluding carboxylic acids is 1. The molecular formula is C23H25ClF3NO2. The third-order valence-corrected chi connectivity index (χ3v) is 5.81. The summed E-state index contributed by atoms with van der Waals surface area (Å²) >= 11 is 5.96. The molecule has 0 N–H and O–H groups in total. The fraction of sp³-hybridized carbons (Fsp3) is 0.435. The van der Waals surface area contributed by atoms with Gasteiger partial charge in [-0.15, -0.1) is 13.2 Å². The Balaban J connectivity index is 1.67. The molecular weight excluding hydrogens is 415 g/mol. The molecule has 1 amide bonds. The van der Waals surface area contributed by atoms with Crippen molar-refractivity contribution in [3.8, 4) is 5.75 Å². The zero-order chi connectivity index (χ0) is 21.9. The number of carbonyl (C=O) groups is 1. The van der Waals surface area contributed by atoms with Crippen molar-refractivity contribution in [2.45, 2.75) is 44.9 Å². The van der Waals surface area contributed by atoms with Gasteiger partial charge in [0, 0.05) is 18.1 Å². The average molecular weight is 440 g/mol. The topological polar surface area (TPSA) is 29.5 Å². The largest absolute Gasteiger partial charge is 0.573 e. The normalized spacial score (nSPS) is 16.6. The number of nitrogens with zero attached hydrogens (tertiary/aromatic N) is 1. The molecule has 3 rings (SSSR count). The van der Waals surface area contributed by atoms with Gasteiger partial charge in [0.2, 0.25) is 5.91 Å². The molecule has 1 fully saturated rings. The first-order valence-corrected chi connectivity index (χ1v) is 10.4. The molecule has 0 saturated carbocycles. The minimum atomic E-state index is -4.73. The second kappa shape index (κ2) is 9.29. The molecule has 2 aromatic rings. The summed E-state index contributed by atoms with van der Waals surface area (Å²) in [5.74, 6) is -0.269. The molecule has 0 aliphatic carbocycles. The van der Waals surface area contributed by atoms with Gasteiger partial charge < -0.3 is 9.64 Å². The highest BCUT2D eigenvalue weighted by atomic mass is 35.5. The van der Waals surface area contributed by atoms with Crippen LogP contribution in [0.4, 0.5) is 13.2 Å². The molecule has 30 heavy (non-hydrogen) atoms. The molecule has 2 aromatic carbocycles. The molecule has 3 nitrogen and oxygen atoms in total. The number of amides is 1. The predicted molar refractivity (Wildman–Crippen MR) is 111 cm³/mol. The third kappa shape index (κ3) is 5.69. The molecule has 162 valence electrons. The van der Waals surface area contributed by atoms with Crippen LogP contribution in [0.3, 0.4) is 0 Å². The van der Waals surface area contributed by atoms with E-state index in [0.717, 1.165) is 12.8 Å². The van der Waals surface area contributed by atoms with Gasteiger partial charge in [-0.3, -0.25) is 4.79 Å². The summed E-state index contributed by atoms with van der Waals surface area (Å²) in [4.78, 5) is 15.1. The second-order valence-corrected chi connectivity index (χ2v) is 8.43. The van der Waals surface area contributed by atoms with Crippen molar-refractivity contribution in [3.05, 3.63) is 64.7 Å². The lowest BCUT2D eigenvalue weighted by Crippen LogP contribution is -2.41. The van der Waals surface area contributed by atoms with Crippen LogP contribution in [0.5, 0.6) is 5.75 Å². The van der Waals surface area contributed by atoms with Crippen molar-refractivity contribution < 1.29 is 22.7 Å². The molecule has 1 atom stereocenters. The van der Waals surface area contributed by atoms with Gasteiger partial charge in [0.1, 0.15) is 5.75 Å². The van der Waals surface area contributed by atoms with Gasteiger partial charge in [-0.1, -0.05) is 49.7 Å². The number of ether oxygens (including phenoxy) is 1. The standard InChI is InChI=1S/C23H25ClF3NO2/c1-15(2)21(18-5-9-20(10-6-18)30-23(25,26)27)22(29)28-13-11-17(12-14-28)16-3-7-19(24)8-4-16/h3-10,15,17,21H,11-14H2,1-2H3. The summed E-state index contributed by atoms with van der Waals surface area (Å²) in [5, 5.41) is 0.706. The van der Waals surface area contributed by atoms with Crippen molar-refractivity contribution in [1.82, 2.24) is 4.90 Å². The van der Waals surface area contributed by atoms with Gasteiger partial charge in [-0.2, -0.15) is 0 Å².